The quantitative estimate of drug-likeness (QED) is 0.0770. The number of aliphatic hydroxyl groups is 16. The second-order valence-corrected chi connectivity index (χ2v) is 14.7. The van der Waals surface area contributed by atoms with Crippen molar-refractivity contribution in [2.24, 2.45) is 0 Å². The molecule has 5 saturated heterocycles. The van der Waals surface area contributed by atoms with Crippen molar-refractivity contribution in [3.8, 4) is 0 Å². The third-order valence-corrected chi connectivity index (χ3v) is 10.7. The Morgan fingerprint density at radius 1 is 0.407 bits per heavy atom. The first-order valence-corrected chi connectivity index (χ1v) is 18.6. The first kappa shape index (κ1) is 48.5. The first-order chi connectivity index (χ1) is 27.9. The molecular weight excluding hydrogens is 814 g/mol. The van der Waals surface area contributed by atoms with E-state index in [0.29, 0.717) is 0 Å². The lowest BCUT2D eigenvalue weighted by Crippen LogP contribution is -2.70. The zero-order valence-electron chi connectivity index (χ0n) is 31.2. The molecule has 17 N–H and O–H groups in total. The van der Waals surface area contributed by atoms with Gasteiger partial charge in [-0.1, -0.05) is 0 Å². The van der Waals surface area contributed by atoms with Gasteiger partial charge in [-0.15, -0.1) is 0 Å². The fourth-order valence-electron chi connectivity index (χ4n) is 7.43. The van der Waals surface area contributed by atoms with Gasteiger partial charge >= 0.3 is 0 Å². The minimum Gasteiger partial charge on any atom is -0.394 e. The summed E-state index contributed by atoms with van der Waals surface area (Å²) in [4.78, 5) is 12.4. The van der Waals surface area contributed by atoms with Gasteiger partial charge < -0.3 is 130 Å². The van der Waals surface area contributed by atoms with Crippen molar-refractivity contribution in [1.29, 1.82) is 0 Å². The van der Waals surface area contributed by atoms with Gasteiger partial charge in [0.05, 0.1) is 33.0 Å². The molecule has 0 spiro atoms. The van der Waals surface area contributed by atoms with Crippen LogP contribution in [0, 0.1) is 0 Å². The molecule has 344 valence electrons. The predicted octanol–water partition coefficient (Wildman–Crippen LogP) is -11.8. The molecule has 5 rings (SSSR count). The molecular formula is C32H55NO26. The molecule has 5 aliphatic rings. The number of nitrogens with one attached hydrogen (secondary N) is 1. The molecule has 0 aromatic carbocycles. The van der Waals surface area contributed by atoms with E-state index in [1.165, 1.54) is 0 Å². The normalized spacial score (nSPS) is 51.0. The Bertz CT molecular complexity index is 1320. The molecule has 5 fully saturated rings. The molecule has 1 amide bonds. The Kier molecular flexibility index (Phi) is 17.1. The fraction of sp³-hybridized carbons (Fsp3) is 0.969. The van der Waals surface area contributed by atoms with E-state index in [0.717, 1.165) is 6.92 Å². The zero-order valence-corrected chi connectivity index (χ0v) is 31.2. The van der Waals surface area contributed by atoms with Gasteiger partial charge in [-0.05, 0) is 0 Å². The average Bonchev–Trinajstić information content (AvgIpc) is 3.21. The lowest BCUT2D eigenvalue weighted by atomic mass is 9.94. The zero-order chi connectivity index (χ0) is 43.6. The summed E-state index contributed by atoms with van der Waals surface area (Å²) in [5.74, 6) is -0.817. The number of hydrogen-bond donors (Lipinski definition) is 17. The summed E-state index contributed by atoms with van der Waals surface area (Å²) < 4.78 is 50.0. The Balaban J connectivity index is 1.35. The van der Waals surface area contributed by atoms with Crippen LogP contribution < -0.4 is 5.32 Å². The van der Waals surface area contributed by atoms with Crippen molar-refractivity contribution in [3.63, 3.8) is 0 Å². The number of rotatable bonds is 14. The van der Waals surface area contributed by atoms with Crippen molar-refractivity contribution >= 4 is 5.91 Å². The molecule has 5 heterocycles. The van der Waals surface area contributed by atoms with Crippen LogP contribution in [0.5, 0.6) is 0 Å². The van der Waals surface area contributed by atoms with Crippen LogP contribution >= 0.6 is 0 Å². The summed E-state index contributed by atoms with van der Waals surface area (Å²) in [5, 5.41) is 169. The Morgan fingerprint density at radius 3 is 1.24 bits per heavy atom. The Hall–Kier alpha value is -1.53. The second-order valence-electron chi connectivity index (χ2n) is 14.7. The molecule has 25 atom stereocenters. The summed E-state index contributed by atoms with van der Waals surface area (Å²) in [5.41, 5.74) is 0. The summed E-state index contributed by atoms with van der Waals surface area (Å²) in [6, 6.07) is -1.72. The molecule has 0 aromatic heterocycles. The lowest BCUT2D eigenvalue weighted by molar-refractivity contribution is -0.386. The van der Waals surface area contributed by atoms with Crippen LogP contribution in [0.2, 0.25) is 0 Å². The molecule has 0 unspecified atom stereocenters. The van der Waals surface area contributed by atoms with Gasteiger partial charge in [-0.2, -0.15) is 0 Å². The van der Waals surface area contributed by atoms with Crippen molar-refractivity contribution in [1.82, 2.24) is 5.32 Å². The molecule has 0 saturated carbocycles. The van der Waals surface area contributed by atoms with E-state index in [9.17, 15) is 86.5 Å². The third kappa shape index (κ3) is 10.2. The van der Waals surface area contributed by atoms with Crippen molar-refractivity contribution < 1.29 is 129 Å². The largest absolute Gasteiger partial charge is 0.394 e. The van der Waals surface area contributed by atoms with Gasteiger partial charge in [-0.25, -0.2) is 0 Å². The molecule has 5 aliphatic heterocycles. The van der Waals surface area contributed by atoms with Crippen LogP contribution in [-0.4, -0.2) is 274 Å². The molecule has 27 nitrogen and oxygen atoms in total. The monoisotopic (exact) mass is 869 g/mol. The maximum absolute atomic E-state index is 12.4. The van der Waals surface area contributed by atoms with Gasteiger partial charge in [0.1, 0.15) is 122 Å². The summed E-state index contributed by atoms with van der Waals surface area (Å²) in [6.07, 6.45) is -44.3. The van der Waals surface area contributed by atoms with Crippen LogP contribution in [0.1, 0.15) is 6.92 Å². The molecule has 0 aromatic rings. The number of aliphatic hydroxyl groups excluding tert-OH is 16. The Morgan fingerprint density at radius 2 is 0.780 bits per heavy atom. The summed E-state index contributed by atoms with van der Waals surface area (Å²) >= 11 is 0. The molecule has 0 aliphatic carbocycles. The van der Waals surface area contributed by atoms with E-state index in [-0.39, 0.29) is 0 Å². The number of hydrogen-bond acceptors (Lipinski definition) is 26. The average molecular weight is 870 g/mol. The highest BCUT2D eigenvalue weighted by molar-refractivity contribution is 5.73. The highest BCUT2D eigenvalue weighted by Gasteiger charge is 2.57. The fourth-order valence-corrected chi connectivity index (χ4v) is 7.43. The predicted molar refractivity (Wildman–Crippen MR) is 178 cm³/mol. The summed E-state index contributed by atoms with van der Waals surface area (Å²) in [6.45, 7) is -3.57. The van der Waals surface area contributed by atoms with Gasteiger partial charge in [0.2, 0.25) is 5.91 Å². The van der Waals surface area contributed by atoms with Crippen molar-refractivity contribution in [2.45, 2.75) is 160 Å². The van der Waals surface area contributed by atoms with Crippen LogP contribution in [0.15, 0.2) is 0 Å². The van der Waals surface area contributed by atoms with Crippen LogP contribution in [0.4, 0.5) is 0 Å². The molecule has 0 radical (unpaired) electrons. The van der Waals surface area contributed by atoms with Crippen LogP contribution in [0.25, 0.3) is 0 Å². The molecule has 59 heavy (non-hydrogen) atoms. The molecule has 27 heteroatoms. The standard InChI is InChI=1S/C32H55NO26/c1-7(39)33-13-17(43)24(56-31-23(49)27(16(42)10(4-36)53-31)59-30-21(47)18(44)14(40)8(2-34)52-30)12(6-38)55-29(13)58-26-15(41)9(3-35)54-32(22(26)48)57-25-11(5-37)51-28(50)20(46)19(25)45/h8-32,34-38,40-50H,2-6H2,1H3,(H,33,39)/t8-,9-,10-,11-,12-,13-,14+,15+,16+,17-,18+,19-,20-,21-,22-,23-,24-,25-,26+,27+,28-,29+,30-,31+,32+/m1/s1. The number of amides is 1. The minimum atomic E-state index is -2.09. The van der Waals surface area contributed by atoms with Crippen LogP contribution in [0.3, 0.4) is 0 Å². The van der Waals surface area contributed by atoms with Gasteiger partial charge in [0.25, 0.3) is 0 Å². The minimum absolute atomic E-state index is 0.817. The van der Waals surface area contributed by atoms with Gasteiger partial charge in [0.15, 0.2) is 31.5 Å². The second kappa shape index (κ2) is 20.8. The van der Waals surface area contributed by atoms with E-state index in [2.05, 4.69) is 5.32 Å². The number of carbonyl (C=O) groups excluding carboxylic acids is 1. The number of ether oxygens (including phenoxy) is 9. The van der Waals surface area contributed by atoms with Crippen molar-refractivity contribution in [3.05, 3.63) is 0 Å². The third-order valence-electron chi connectivity index (χ3n) is 10.7. The summed E-state index contributed by atoms with van der Waals surface area (Å²) in [7, 11) is 0. The van der Waals surface area contributed by atoms with Gasteiger partial charge in [0, 0.05) is 6.92 Å². The molecule has 0 bridgehead atoms. The maximum Gasteiger partial charge on any atom is 0.217 e. The van der Waals surface area contributed by atoms with Crippen LogP contribution in [-0.2, 0) is 47.4 Å². The smallest absolute Gasteiger partial charge is 0.217 e. The Labute approximate surface area is 333 Å². The lowest BCUT2D eigenvalue weighted by Gasteiger charge is -2.50. The maximum atomic E-state index is 12.4. The first-order valence-electron chi connectivity index (χ1n) is 18.6. The van der Waals surface area contributed by atoms with Crippen molar-refractivity contribution in [2.75, 3.05) is 33.0 Å². The number of carbonyl (C=O) groups is 1. The van der Waals surface area contributed by atoms with E-state index in [1.807, 2.05) is 0 Å². The van der Waals surface area contributed by atoms with E-state index in [1.54, 1.807) is 0 Å². The topological polar surface area (TPSA) is 436 Å². The van der Waals surface area contributed by atoms with E-state index < -0.39 is 192 Å². The van der Waals surface area contributed by atoms with Gasteiger partial charge in [-0.3, -0.25) is 4.79 Å². The highest BCUT2D eigenvalue weighted by atomic mass is 16.8. The highest BCUT2D eigenvalue weighted by Crippen LogP contribution is 2.35. The van der Waals surface area contributed by atoms with E-state index in [4.69, 9.17) is 42.6 Å². The van der Waals surface area contributed by atoms with E-state index >= 15 is 0 Å². The SMILES string of the molecule is CC(=O)N[C@H]1[C@H](O[C@H]2[C@@H](O)[C@@H](CO)O[C@@H](O[C@H]3[C@H](O)[C@@H](O)[C@H](O)O[C@@H]3CO)[C@@H]2O)O[C@H](CO)[C@@H](O[C@@H]2O[C@H](CO)[C@H](O)[C@H](O[C@H]3O[C@H](CO)[C@H](O)[C@H](O)[C@H]3O)[C@H]2O)[C@@H]1O.